The van der Waals surface area contributed by atoms with Crippen LogP contribution in [0.25, 0.3) is 10.9 Å². The number of benzene rings is 1. The lowest BCUT2D eigenvalue weighted by Crippen LogP contribution is -2.24. The highest BCUT2D eigenvalue weighted by atomic mass is 32.2. The summed E-state index contributed by atoms with van der Waals surface area (Å²) in [6.07, 6.45) is -5.14. The lowest BCUT2D eigenvalue weighted by Gasteiger charge is -2.17. The summed E-state index contributed by atoms with van der Waals surface area (Å²) in [4.78, 5) is 28.9. The molecule has 1 aromatic carbocycles. The molecule has 13 heteroatoms. The molecule has 8 nitrogen and oxygen atoms in total. The van der Waals surface area contributed by atoms with Crippen molar-refractivity contribution in [3.8, 4) is 0 Å². The van der Waals surface area contributed by atoms with Gasteiger partial charge in [-0.3, -0.25) is 4.79 Å². The Morgan fingerprint density at radius 3 is 2.25 bits per heavy atom. The highest BCUT2D eigenvalue weighted by molar-refractivity contribution is 7.89. The molecule has 0 aliphatic rings. The molecule has 0 bridgehead atoms. The molecule has 24 heavy (non-hydrogen) atoms. The first kappa shape index (κ1) is 18.6. The number of nitrogens with one attached hydrogen (secondary N) is 1. The van der Waals surface area contributed by atoms with Gasteiger partial charge in [-0.2, -0.15) is 13.2 Å². The molecule has 3 N–H and O–H groups in total. The van der Waals surface area contributed by atoms with Crippen molar-refractivity contribution in [1.29, 1.82) is 0 Å². The molecule has 0 radical (unpaired) electrons. The molecular formula is C11H10F3N2O6PS. The zero-order chi connectivity index (χ0) is 18.5. The Balaban J connectivity index is 3.09. The fourth-order valence-corrected chi connectivity index (χ4v) is 3.82. The van der Waals surface area contributed by atoms with E-state index in [4.69, 9.17) is 0 Å². The first-order chi connectivity index (χ1) is 10.8. The third-order valence-electron chi connectivity index (χ3n) is 3.10. The minimum atomic E-state index is -5.26. The minimum Gasteiger partial charge on any atom is -0.308 e. The van der Waals surface area contributed by atoms with Crippen LogP contribution in [0.15, 0.2) is 34.0 Å². The van der Waals surface area contributed by atoms with Crippen molar-refractivity contribution in [2.45, 2.75) is 11.1 Å². The number of rotatable bonds is 3. The van der Waals surface area contributed by atoms with Crippen molar-refractivity contribution < 1.29 is 35.9 Å². The van der Waals surface area contributed by atoms with Crippen LogP contribution in [0.1, 0.15) is 5.56 Å². The fraction of sp³-hybridized carbons (Fsp3) is 0.182. The molecule has 0 aliphatic heterocycles. The summed E-state index contributed by atoms with van der Waals surface area (Å²) in [7, 11) is -8.86. The van der Waals surface area contributed by atoms with E-state index in [-0.39, 0.29) is 15.8 Å². The number of hydrogen-bond donors (Lipinski definition) is 3. The molecule has 0 amide bonds. The van der Waals surface area contributed by atoms with Gasteiger partial charge in [0.25, 0.3) is 5.56 Å². The molecule has 0 unspecified atom stereocenters. The van der Waals surface area contributed by atoms with Gasteiger partial charge in [-0.05, 0) is 25.2 Å². The highest BCUT2D eigenvalue weighted by Gasteiger charge is 2.38. The molecular weight excluding hydrogens is 376 g/mol. The van der Waals surface area contributed by atoms with E-state index in [9.17, 15) is 40.7 Å². The molecule has 0 aliphatic carbocycles. The van der Waals surface area contributed by atoms with Crippen molar-refractivity contribution in [1.82, 2.24) is 9.06 Å². The van der Waals surface area contributed by atoms with Crippen LogP contribution in [0.3, 0.4) is 0 Å². The number of sulfonamides is 1. The van der Waals surface area contributed by atoms with E-state index in [0.717, 1.165) is 13.1 Å². The van der Waals surface area contributed by atoms with Gasteiger partial charge in [0.05, 0.1) is 16.0 Å². The third-order valence-corrected chi connectivity index (χ3v) is 5.48. The lowest BCUT2D eigenvalue weighted by atomic mass is 10.1. The Morgan fingerprint density at radius 2 is 1.79 bits per heavy atom. The zero-order valence-corrected chi connectivity index (χ0v) is 13.5. The molecule has 0 saturated carbocycles. The van der Waals surface area contributed by atoms with Gasteiger partial charge in [0.1, 0.15) is 0 Å². The average Bonchev–Trinajstić information content (AvgIpc) is 2.43. The van der Waals surface area contributed by atoms with Crippen LogP contribution in [0, 0.1) is 0 Å². The van der Waals surface area contributed by atoms with Crippen LogP contribution in [0.4, 0.5) is 13.2 Å². The van der Waals surface area contributed by atoms with Gasteiger partial charge in [0.2, 0.25) is 10.0 Å². The van der Waals surface area contributed by atoms with Crippen LogP contribution in [-0.4, -0.2) is 29.6 Å². The molecule has 2 aromatic rings. The summed E-state index contributed by atoms with van der Waals surface area (Å²) in [6.45, 7) is 0. The highest BCUT2D eigenvalue weighted by Crippen LogP contribution is 2.41. The van der Waals surface area contributed by atoms with Gasteiger partial charge in [-0.1, -0.05) is 0 Å². The van der Waals surface area contributed by atoms with Gasteiger partial charge in [-0.25, -0.2) is 22.0 Å². The Bertz CT molecular complexity index is 1020. The normalized spacial score (nSPS) is 13.4. The average molecular weight is 386 g/mol. The number of aromatic nitrogens is 1. The topological polar surface area (TPSA) is 126 Å². The summed E-state index contributed by atoms with van der Waals surface area (Å²) < 4.78 is 76.3. The van der Waals surface area contributed by atoms with Gasteiger partial charge in [-0.15, -0.1) is 0 Å². The summed E-state index contributed by atoms with van der Waals surface area (Å²) in [5, 5.41) is -0.264. The number of nitrogens with zero attached hydrogens (tertiary/aromatic N) is 1. The van der Waals surface area contributed by atoms with Gasteiger partial charge < -0.3 is 9.79 Å². The lowest BCUT2D eigenvalue weighted by molar-refractivity contribution is -0.139. The number of halogens is 3. The third kappa shape index (κ3) is 3.23. The Kier molecular flexibility index (Phi) is 4.40. The van der Waals surface area contributed by atoms with Crippen LogP contribution in [-0.2, 0) is 20.8 Å². The Morgan fingerprint density at radius 1 is 1.21 bits per heavy atom. The van der Waals surface area contributed by atoms with E-state index in [1.165, 1.54) is 0 Å². The zero-order valence-electron chi connectivity index (χ0n) is 11.8. The number of hydrogen-bond acceptors (Lipinski definition) is 4. The predicted octanol–water partition coefficient (Wildman–Crippen LogP) is 0.869. The Labute approximate surface area is 132 Å². The van der Waals surface area contributed by atoms with Gasteiger partial charge in [0, 0.05) is 11.5 Å². The van der Waals surface area contributed by atoms with Crippen LogP contribution in [0.2, 0.25) is 0 Å². The molecule has 0 saturated heterocycles. The maximum atomic E-state index is 13.2. The van der Waals surface area contributed by atoms with Crippen molar-refractivity contribution in [2.24, 2.45) is 0 Å². The van der Waals surface area contributed by atoms with Crippen molar-refractivity contribution in [3.05, 3.63) is 40.2 Å². The van der Waals surface area contributed by atoms with E-state index in [1.807, 2.05) is 0 Å². The molecule has 2 rings (SSSR count). The van der Waals surface area contributed by atoms with Gasteiger partial charge in [0.15, 0.2) is 0 Å². The molecule has 1 heterocycles. The molecule has 0 spiro atoms. The van der Waals surface area contributed by atoms with Crippen LogP contribution >= 0.6 is 7.75 Å². The number of pyridine rings is 1. The standard InChI is InChI=1S/C11H10F3N2O6PS/c1-15-24(21,22)9-4-6-2-3-10(17)16(23(18,19)20)8(6)5-7(9)11(12,13)14/h2-5,15H,1H3,(H2,18,19,20). The second-order valence-corrected chi connectivity index (χ2v) is 7.89. The van der Waals surface area contributed by atoms with Gasteiger partial charge >= 0.3 is 13.9 Å². The monoisotopic (exact) mass is 386 g/mol. The van der Waals surface area contributed by atoms with E-state index < -0.39 is 45.5 Å². The van der Waals surface area contributed by atoms with Crippen molar-refractivity contribution >= 4 is 28.7 Å². The summed E-state index contributed by atoms with van der Waals surface area (Å²) >= 11 is 0. The maximum Gasteiger partial charge on any atom is 0.437 e. The number of fused-ring (bicyclic) bond motifs is 1. The first-order valence-electron chi connectivity index (χ1n) is 6.06. The van der Waals surface area contributed by atoms with E-state index in [2.05, 4.69) is 0 Å². The van der Waals surface area contributed by atoms with E-state index in [0.29, 0.717) is 12.1 Å². The smallest absolute Gasteiger partial charge is 0.308 e. The molecule has 0 atom stereocenters. The SMILES string of the molecule is CNS(=O)(=O)c1cc2ccc(=O)n(P(=O)(O)O)c2cc1C(F)(F)F. The predicted molar refractivity (Wildman–Crippen MR) is 76.9 cm³/mol. The minimum absolute atomic E-state index is 0.118. The molecule has 1 aromatic heterocycles. The molecule has 0 fully saturated rings. The summed E-state index contributed by atoms with van der Waals surface area (Å²) in [5.41, 5.74) is -3.62. The maximum absolute atomic E-state index is 13.2. The van der Waals surface area contributed by atoms with Crippen molar-refractivity contribution in [2.75, 3.05) is 7.05 Å². The summed E-state index contributed by atoms with van der Waals surface area (Å²) in [6, 6.07) is 2.50. The summed E-state index contributed by atoms with van der Waals surface area (Å²) in [5.74, 6) is 0. The fourth-order valence-electron chi connectivity index (χ4n) is 2.07. The Hall–Kier alpha value is -1.72. The number of alkyl halides is 3. The van der Waals surface area contributed by atoms with Crippen molar-refractivity contribution in [3.63, 3.8) is 0 Å². The van der Waals surface area contributed by atoms with Crippen LogP contribution < -0.4 is 10.3 Å². The van der Waals surface area contributed by atoms with E-state index in [1.54, 1.807) is 4.72 Å². The quantitative estimate of drug-likeness (QED) is 0.672. The van der Waals surface area contributed by atoms with E-state index >= 15 is 0 Å². The van der Waals surface area contributed by atoms with Crippen LogP contribution in [0.5, 0.6) is 0 Å². The molecule has 132 valence electrons. The second-order valence-electron chi connectivity index (χ2n) is 4.61. The largest absolute Gasteiger partial charge is 0.437 e. The second kappa shape index (κ2) is 5.67. The first-order valence-corrected chi connectivity index (χ1v) is 9.11.